The molecule has 0 aromatic heterocycles. The zero-order valence-corrected chi connectivity index (χ0v) is 10.9. The first-order chi connectivity index (χ1) is 6.07. The zero-order chi connectivity index (χ0) is 9.90. The molecule has 13 heavy (non-hydrogen) atoms. The van der Waals surface area contributed by atoms with Gasteiger partial charge in [0.2, 0.25) is 0 Å². The van der Waals surface area contributed by atoms with Crippen molar-refractivity contribution in [3.8, 4) is 0 Å². The number of hydrogen-bond donors (Lipinski definition) is 1. The van der Waals surface area contributed by atoms with E-state index in [-0.39, 0.29) is 0 Å². The van der Waals surface area contributed by atoms with Gasteiger partial charge in [0.05, 0.1) is 0 Å². The van der Waals surface area contributed by atoms with Gasteiger partial charge < -0.3 is 0 Å². The van der Waals surface area contributed by atoms with Crippen LogP contribution in [0.25, 0.3) is 0 Å². The summed E-state index contributed by atoms with van der Waals surface area (Å²) >= 11 is 5.48. The van der Waals surface area contributed by atoms with Crippen molar-refractivity contribution < 1.29 is 0 Å². The molecule has 1 aliphatic heterocycles. The van der Waals surface area contributed by atoms with Crippen molar-refractivity contribution in [1.82, 2.24) is 5.43 Å². The van der Waals surface area contributed by atoms with Gasteiger partial charge in [0.25, 0.3) is 0 Å². The summed E-state index contributed by atoms with van der Waals surface area (Å²) in [6.45, 7) is 6.77. The van der Waals surface area contributed by atoms with E-state index in [0.717, 1.165) is 4.38 Å². The van der Waals surface area contributed by atoms with Crippen LogP contribution >= 0.6 is 35.3 Å². The molecular weight excluding hydrogens is 220 g/mol. The van der Waals surface area contributed by atoms with Crippen LogP contribution in [-0.2, 0) is 0 Å². The van der Waals surface area contributed by atoms with Crippen LogP contribution in [0.5, 0.6) is 0 Å². The van der Waals surface area contributed by atoms with Crippen molar-refractivity contribution in [2.24, 2.45) is 5.10 Å². The average Bonchev–Trinajstić information content (AvgIpc) is 2.52. The van der Waals surface area contributed by atoms with Crippen LogP contribution < -0.4 is 5.43 Å². The summed E-state index contributed by atoms with van der Waals surface area (Å²) in [5.74, 6) is 0. The molecular formula is C8H16N2S3. The van der Waals surface area contributed by atoms with Gasteiger partial charge in [-0.15, -0.1) is 23.5 Å². The molecule has 0 aromatic carbocycles. The Balaban J connectivity index is 2.34. The normalized spacial score (nSPS) is 22.8. The molecule has 1 atom stereocenters. The van der Waals surface area contributed by atoms with Gasteiger partial charge in [-0.25, -0.2) is 0 Å². The maximum atomic E-state index is 4.23. The van der Waals surface area contributed by atoms with Crippen LogP contribution in [0.3, 0.4) is 0 Å². The highest BCUT2D eigenvalue weighted by molar-refractivity contribution is 8.42. The minimum atomic E-state index is 0.341. The maximum Gasteiger partial charge on any atom is 0.152 e. The number of rotatable bonds is 3. The fourth-order valence-electron chi connectivity index (χ4n) is 0.767. The molecule has 0 saturated heterocycles. The van der Waals surface area contributed by atoms with E-state index in [0.29, 0.717) is 9.45 Å². The third kappa shape index (κ3) is 3.64. The first-order valence-corrected chi connectivity index (χ1v) is 7.27. The zero-order valence-electron chi connectivity index (χ0n) is 8.46. The molecule has 0 radical (unpaired) electrons. The third-order valence-electron chi connectivity index (χ3n) is 1.92. The largest absolute Gasteiger partial charge is 0.285 e. The van der Waals surface area contributed by atoms with Crippen LogP contribution in [0.2, 0.25) is 0 Å². The number of hydrazone groups is 1. The van der Waals surface area contributed by atoms with Gasteiger partial charge in [-0.05, 0) is 12.7 Å². The second kappa shape index (κ2) is 4.84. The van der Waals surface area contributed by atoms with E-state index in [9.17, 15) is 0 Å². The molecule has 1 rings (SSSR count). The van der Waals surface area contributed by atoms with Crippen molar-refractivity contribution in [2.75, 3.05) is 6.26 Å². The quantitative estimate of drug-likeness (QED) is 0.813. The molecule has 0 bridgehead atoms. The minimum absolute atomic E-state index is 0.341. The van der Waals surface area contributed by atoms with Gasteiger partial charge in [-0.1, -0.05) is 32.5 Å². The van der Waals surface area contributed by atoms with Crippen molar-refractivity contribution in [1.29, 1.82) is 0 Å². The molecule has 1 unspecified atom stereocenters. The number of thioether (sulfide) groups is 3. The van der Waals surface area contributed by atoms with Gasteiger partial charge in [0, 0.05) is 4.75 Å². The topological polar surface area (TPSA) is 24.4 Å². The second-order valence-electron chi connectivity index (χ2n) is 3.39. The number of hydrogen-bond acceptors (Lipinski definition) is 5. The molecule has 0 aromatic rings. The standard InChI is InChI=1S/C8H16N2S3/c1-5-8(2,3)13-7-10-9-6(11-4)12-7/h7,10H,5H2,1-4H3. The van der Waals surface area contributed by atoms with Crippen LogP contribution in [-0.4, -0.2) is 20.1 Å². The van der Waals surface area contributed by atoms with E-state index in [4.69, 9.17) is 0 Å². The van der Waals surface area contributed by atoms with Crippen molar-refractivity contribution in [2.45, 2.75) is 36.6 Å². The van der Waals surface area contributed by atoms with Gasteiger partial charge in [-0.3, -0.25) is 5.43 Å². The maximum absolute atomic E-state index is 4.23. The molecule has 1 heterocycles. The molecule has 0 amide bonds. The van der Waals surface area contributed by atoms with Gasteiger partial charge in [0.1, 0.15) is 4.71 Å². The number of nitrogens with one attached hydrogen (secondary N) is 1. The smallest absolute Gasteiger partial charge is 0.152 e. The van der Waals surface area contributed by atoms with E-state index in [1.165, 1.54) is 6.42 Å². The Hall–Kier alpha value is 0.520. The van der Waals surface area contributed by atoms with E-state index >= 15 is 0 Å². The Labute approximate surface area is 93.1 Å². The predicted octanol–water partition coefficient (Wildman–Crippen LogP) is 3.16. The molecule has 5 heteroatoms. The Morgan fingerprint density at radius 3 is 2.77 bits per heavy atom. The van der Waals surface area contributed by atoms with E-state index < -0.39 is 0 Å². The lowest BCUT2D eigenvalue weighted by Gasteiger charge is -2.24. The molecule has 1 aliphatic rings. The summed E-state index contributed by atoms with van der Waals surface area (Å²) in [6.07, 6.45) is 3.25. The second-order valence-corrected chi connectivity index (χ2v) is 7.65. The summed E-state index contributed by atoms with van der Waals surface area (Å²) in [6, 6.07) is 0. The first-order valence-electron chi connectivity index (χ1n) is 4.29. The monoisotopic (exact) mass is 236 g/mol. The van der Waals surface area contributed by atoms with Gasteiger partial charge >= 0.3 is 0 Å². The van der Waals surface area contributed by atoms with E-state index in [1.54, 1.807) is 11.8 Å². The van der Waals surface area contributed by atoms with Crippen LogP contribution in [0.4, 0.5) is 0 Å². The third-order valence-corrected chi connectivity index (χ3v) is 5.59. The SMILES string of the molecule is CCC(C)(C)SC1NN=C(SC)S1. The van der Waals surface area contributed by atoms with Crippen LogP contribution in [0.1, 0.15) is 27.2 Å². The lowest BCUT2D eigenvalue weighted by atomic mass is 10.1. The van der Waals surface area contributed by atoms with Gasteiger partial charge in [0.15, 0.2) is 4.38 Å². The summed E-state index contributed by atoms with van der Waals surface area (Å²) < 4.78 is 1.88. The molecule has 0 aliphatic carbocycles. The van der Waals surface area contributed by atoms with Gasteiger partial charge in [-0.2, -0.15) is 5.10 Å². The fraction of sp³-hybridized carbons (Fsp3) is 0.875. The fourth-order valence-corrected chi connectivity index (χ4v) is 4.26. The molecule has 1 N–H and O–H groups in total. The molecule has 0 spiro atoms. The molecule has 0 fully saturated rings. The van der Waals surface area contributed by atoms with E-state index in [1.807, 2.05) is 23.5 Å². The summed E-state index contributed by atoms with van der Waals surface area (Å²) in [7, 11) is 0. The highest BCUT2D eigenvalue weighted by Gasteiger charge is 2.26. The molecule has 0 saturated carbocycles. The van der Waals surface area contributed by atoms with Crippen molar-refractivity contribution in [3.63, 3.8) is 0 Å². The number of nitrogens with zero attached hydrogens (tertiary/aromatic N) is 1. The summed E-state index contributed by atoms with van der Waals surface area (Å²) in [5, 5.41) is 4.23. The average molecular weight is 236 g/mol. The Morgan fingerprint density at radius 2 is 2.31 bits per heavy atom. The Kier molecular flexibility index (Phi) is 4.32. The van der Waals surface area contributed by atoms with Crippen LogP contribution in [0, 0.1) is 0 Å². The molecule has 76 valence electrons. The highest BCUT2D eigenvalue weighted by atomic mass is 32.2. The summed E-state index contributed by atoms with van der Waals surface area (Å²) in [5.41, 5.74) is 3.14. The highest BCUT2D eigenvalue weighted by Crippen LogP contribution is 2.39. The van der Waals surface area contributed by atoms with Crippen molar-refractivity contribution >= 4 is 39.7 Å². The predicted molar refractivity (Wildman–Crippen MR) is 67.4 cm³/mol. The summed E-state index contributed by atoms with van der Waals surface area (Å²) in [4.78, 5) is 0. The van der Waals surface area contributed by atoms with E-state index in [2.05, 4.69) is 37.6 Å². The first kappa shape index (κ1) is 11.6. The minimum Gasteiger partial charge on any atom is -0.285 e. The molecule has 2 nitrogen and oxygen atoms in total. The Morgan fingerprint density at radius 1 is 1.62 bits per heavy atom. The lowest BCUT2D eigenvalue weighted by Crippen LogP contribution is -2.22. The Bertz CT molecular complexity index is 204. The lowest BCUT2D eigenvalue weighted by molar-refractivity contribution is 0.678. The van der Waals surface area contributed by atoms with Crippen molar-refractivity contribution in [3.05, 3.63) is 0 Å². The van der Waals surface area contributed by atoms with Crippen LogP contribution in [0.15, 0.2) is 5.10 Å².